The molecule has 104 valence electrons. The van der Waals surface area contributed by atoms with E-state index in [4.69, 9.17) is 0 Å². The van der Waals surface area contributed by atoms with E-state index in [1.807, 2.05) is 0 Å². The van der Waals surface area contributed by atoms with E-state index in [2.05, 4.69) is 25.7 Å². The highest BCUT2D eigenvalue weighted by Crippen LogP contribution is 2.19. The molecule has 0 saturated carbocycles. The zero-order valence-corrected chi connectivity index (χ0v) is 12.1. The number of methoxy groups -OCH3 is 1. The van der Waals surface area contributed by atoms with E-state index in [9.17, 15) is 14.4 Å². The minimum Gasteiger partial charge on any atom is -0.465 e. The summed E-state index contributed by atoms with van der Waals surface area (Å²) in [5.74, 6) is -0.432. The molecule has 2 rings (SSSR count). The molecule has 0 spiro atoms. The fourth-order valence-electron chi connectivity index (χ4n) is 1.67. The van der Waals surface area contributed by atoms with Gasteiger partial charge in [0.2, 0.25) is 0 Å². The number of ether oxygens (including phenoxy) is 1. The van der Waals surface area contributed by atoms with Crippen molar-refractivity contribution in [3.63, 3.8) is 0 Å². The quantitative estimate of drug-likeness (QED) is 0.850. The number of aromatic nitrogens is 2. The zero-order chi connectivity index (χ0) is 14.7. The molecule has 7 heteroatoms. The predicted octanol–water partition coefficient (Wildman–Crippen LogP) is 1.13. The van der Waals surface area contributed by atoms with Gasteiger partial charge < -0.3 is 4.74 Å². The van der Waals surface area contributed by atoms with E-state index in [0.29, 0.717) is 10.0 Å². The second kappa shape index (κ2) is 5.87. The van der Waals surface area contributed by atoms with Crippen LogP contribution in [-0.2, 0) is 11.3 Å². The molecule has 0 saturated heterocycles. The van der Waals surface area contributed by atoms with E-state index in [1.165, 1.54) is 23.9 Å². The van der Waals surface area contributed by atoms with Crippen LogP contribution in [0.25, 0.3) is 0 Å². The molecule has 0 aliphatic heterocycles. The first-order chi connectivity index (χ1) is 9.51. The Bertz CT molecular complexity index is 763. The first kappa shape index (κ1) is 14.3. The number of benzene rings is 1. The van der Waals surface area contributed by atoms with Crippen molar-refractivity contribution in [1.82, 2.24) is 9.55 Å². The second-order valence-electron chi connectivity index (χ2n) is 4.04. The van der Waals surface area contributed by atoms with Gasteiger partial charge in [-0.05, 0) is 17.7 Å². The van der Waals surface area contributed by atoms with E-state index < -0.39 is 17.2 Å². The highest BCUT2D eigenvalue weighted by atomic mass is 79.9. The largest absolute Gasteiger partial charge is 0.465 e. The van der Waals surface area contributed by atoms with Crippen molar-refractivity contribution >= 4 is 21.9 Å². The molecule has 0 amide bonds. The number of esters is 1. The summed E-state index contributed by atoms with van der Waals surface area (Å²) in [5, 5.41) is 0. The van der Waals surface area contributed by atoms with Crippen LogP contribution in [0.15, 0.2) is 44.5 Å². The minimum atomic E-state index is -0.485. The third kappa shape index (κ3) is 3.05. The Morgan fingerprint density at radius 1 is 1.35 bits per heavy atom. The summed E-state index contributed by atoms with van der Waals surface area (Å²) < 4.78 is 6.67. The van der Waals surface area contributed by atoms with E-state index in [0.717, 1.165) is 5.56 Å². The molecular formula is C13H11BrN2O4. The summed E-state index contributed by atoms with van der Waals surface area (Å²) in [6.45, 7) is 0.275. The summed E-state index contributed by atoms with van der Waals surface area (Å²) in [5.41, 5.74) is 0.288. The maximum atomic E-state index is 11.6. The van der Waals surface area contributed by atoms with Crippen molar-refractivity contribution in [2.75, 3.05) is 7.11 Å². The van der Waals surface area contributed by atoms with Crippen LogP contribution in [0.3, 0.4) is 0 Å². The highest BCUT2D eigenvalue weighted by Gasteiger charge is 2.09. The molecule has 0 unspecified atom stereocenters. The maximum absolute atomic E-state index is 11.6. The molecule has 20 heavy (non-hydrogen) atoms. The Kier molecular flexibility index (Phi) is 4.19. The average molecular weight is 339 g/mol. The summed E-state index contributed by atoms with van der Waals surface area (Å²) in [6.07, 6.45) is 1.42. The van der Waals surface area contributed by atoms with Gasteiger partial charge in [0, 0.05) is 16.7 Å². The van der Waals surface area contributed by atoms with Crippen molar-refractivity contribution < 1.29 is 9.53 Å². The van der Waals surface area contributed by atoms with Crippen LogP contribution in [0, 0.1) is 0 Å². The molecule has 1 N–H and O–H groups in total. The molecule has 1 aromatic carbocycles. The van der Waals surface area contributed by atoms with Gasteiger partial charge >= 0.3 is 11.7 Å². The number of hydrogen-bond donors (Lipinski definition) is 1. The van der Waals surface area contributed by atoms with Crippen molar-refractivity contribution in [3.8, 4) is 0 Å². The number of carbonyl (C=O) groups is 1. The SMILES string of the molecule is COC(=O)c1ccc(Cn2ccc(=O)[nH]c2=O)c(Br)c1. The van der Waals surface area contributed by atoms with E-state index in [1.54, 1.807) is 18.2 Å². The maximum Gasteiger partial charge on any atom is 0.337 e. The fourth-order valence-corrected chi connectivity index (χ4v) is 2.18. The fraction of sp³-hybridized carbons (Fsp3) is 0.154. The first-order valence-corrected chi connectivity index (χ1v) is 6.47. The number of H-pyrrole nitrogens is 1. The molecule has 0 aliphatic rings. The van der Waals surface area contributed by atoms with Crippen LogP contribution < -0.4 is 11.2 Å². The third-order valence-corrected chi connectivity index (χ3v) is 3.45. The molecule has 0 bridgehead atoms. The number of halogens is 1. The Hall–Kier alpha value is -2.15. The van der Waals surface area contributed by atoms with Crippen LogP contribution in [0.4, 0.5) is 0 Å². The molecule has 1 heterocycles. The Labute approximate surface area is 122 Å². The van der Waals surface area contributed by atoms with Gasteiger partial charge in [0.05, 0.1) is 19.2 Å². The normalized spacial score (nSPS) is 10.3. The van der Waals surface area contributed by atoms with E-state index in [-0.39, 0.29) is 6.54 Å². The third-order valence-electron chi connectivity index (χ3n) is 2.71. The van der Waals surface area contributed by atoms with E-state index >= 15 is 0 Å². The molecular weight excluding hydrogens is 328 g/mol. The number of nitrogens with one attached hydrogen (secondary N) is 1. The Morgan fingerprint density at radius 3 is 2.70 bits per heavy atom. The molecule has 2 aromatic rings. The number of nitrogens with zero attached hydrogens (tertiary/aromatic N) is 1. The summed E-state index contributed by atoms with van der Waals surface area (Å²) in [4.78, 5) is 36.1. The van der Waals surface area contributed by atoms with Gasteiger partial charge in [-0.15, -0.1) is 0 Å². The molecule has 1 aromatic heterocycles. The number of rotatable bonds is 3. The zero-order valence-electron chi connectivity index (χ0n) is 10.6. The second-order valence-corrected chi connectivity index (χ2v) is 4.89. The smallest absolute Gasteiger partial charge is 0.337 e. The topological polar surface area (TPSA) is 81.2 Å². The van der Waals surface area contributed by atoms with Gasteiger partial charge in [0.1, 0.15) is 0 Å². The molecule has 0 aliphatic carbocycles. The average Bonchev–Trinajstić information content (AvgIpc) is 2.42. The molecule has 6 nitrogen and oxygen atoms in total. The van der Waals surface area contributed by atoms with Gasteiger partial charge in [-0.3, -0.25) is 14.3 Å². The lowest BCUT2D eigenvalue weighted by Gasteiger charge is -2.08. The number of hydrogen-bond acceptors (Lipinski definition) is 4. The molecule has 0 fully saturated rings. The van der Waals surface area contributed by atoms with Gasteiger partial charge in [-0.25, -0.2) is 9.59 Å². The van der Waals surface area contributed by atoms with Crippen molar-refractivity contribution in [2.24, 2.45) is 0 Å². The number of aromatic amines is 1. The van der Waals surface area contributed by atoms with Crippen LogP contribution in [-0.4, -0.2) is 22.6 Å². The molecule has 0 radical (unpaired) electrons. The standard InChI is InChI=1S/C13H11BrN2O4/c1-20-12(18)8-2-3-9(10(14)6-8)7-16-5-4-11(17)15-13(16)19/h2-6H,7H2,1H3,(H,15,17,19). The summed E-state index contributed by atoms with van der Waals surface area (Å²) in [6, 6.07) is 6.23. The van der Waals surface area contributed by atoms with Gasteiger partial charge in [0.25, 0.3) is 5.56 Å². The lowest BCUT2D eigenvalue weighted by molar-refractivity contribution is 0.0600. The number of carbonyl (C=O) groups excluding carboxylic acids is 1. The van der Waals surface area contributed by atoms with Crippen LogP contribution in [0.2, 0.25) is 0 Å². The highest BCUT2D eigenvalue weighted by molar-refractivity contribution is 9.10. The van der Waals surface area contributed by atoms with Crippen LogP contribution in [0.5, 0.6) is 0 Å². The van der Waals surface area contributed by atoms with Gasteiger partial charge in [0.15, 0.2) is 0 Å². The Morgan fingerprint density at radius 2 is 2.10 bits per heavy atom. The van der Waals surface area contributed by atoms with Gasteiger partial charge in [-0.2, -0.15) is 0 Å². The monoisotopic (exact) mass is 338 g/mol. The lowest BCUT2D eigenvalue weighted by atomic mass is 10.1. The minimum absolute atomic E-state index is 0.275. The Balaban J connectivity index is 2.32. The predicted molar refractivity (Wildman–Crippen MR) is 75.9 cm³/mol. The van der Waals surface area contributed by atoms with Crippen LogP contribution in [0.1, 0.15) is 15.9 Å². The van der Waals surface area contributed by atoms with Gasteiger partial charge in [-0.1, -0.05) is 22.0 Å². The lowest BCUT2D eigenvalue weighted by Crippen LogP contribution is -2.28. The summed E-state index contributed by atoms with van der Waals surface area (Å²) in [7, 11) is 1.31. The summed E-state index contributed by atoms with van der Waals surface area (Å²) >= 11 is 3.35. The van der Waals surface area contributed by atoms with Crippen LogP contribution >= 0.6 is 15.9 Å². The van der Waals surface area contributed by atoms with Crippen molar-refractivity contribution in [2.45, 2.75) is 6.54 Å². The first-order valence-electron chi connectivity index (χ1n) is 5.68. The van der Waals surface area contributed by atoms with Crippen molar-refractivity contribution in [3.05, 3.63) is 66.9 Å². The van der Waals surface area contributed by atoms with Crippen molar-refractivity contribution in [1.29, 1.82) is 0 Å². The molecule has 0 atom stereocenters.